The van der Waals surface area contributed by atoms with Gasteiger partial charge >= 0.3 is 0 Å². The third-order valence-corrected chi connectivity index (χ3v) is 4.46. The van der Waals surface area contributed by atoms with E-state index in [9.17, 15) is 9.59 Å². The van der Waals surface area contributed by atoms with E-state index < -0.39 is 11.5 Å². The van der Waals surface area contributed by atoms with Crippen molar-refractivity contribution in [3.05, 3.63) is 76.6 Å². The highest BCUT2D eigenvalue weighted by atomic mass is 16.2. The van der Waals surface area contributed by atoms with Crippen molar-refractivity contribution < 1.29 is 4.79 Å². The molecule has 0 bridgehead atoms. The molecule has 0 aliphatic carbocycles. The second-order valence-corrected chi connectivity index (χ2v) is 6.35. The average molecular weight is 376 g/mol. The number of nitrogens with two attached hydrogens (primary N) is 1. The summed E-state index contributed by atoms with van der Waals surface area (Å²) in [5, 5.41) is 7.40. The topological polar surface area (TPSA) is 90.0 Å². The lowest BCUT2D eigenvalue weighted by Crippen LogP contribution is -2.36. The van der Waals surface area contributed by atoms with E-state index in [2.05, 4.69) is 10.4 Å². The Hall–Kier alpha value is -3.25. The molecule has 0 spiro atoms. The van der Waals surface area contributed by atoms with Crippen LogP contribution in [0.2, 0.25) is 0 Å². The van der Waals surface area contributed by atoms with Crippen molar-refractivity contribution in [1.29, 1.82) is 0 Å². The highest BCUT2D eigenvalue weighted by Crippen LogP contribution is 2.31. The van der Waals surface area contributed by atoms with E-state index in [1.807, 2.05) is 67.6 Å². The summed E-state index contributed by atoms with van der Waals surface area (Å²) in [5.74, 6) is -0.404. The van der Waals surface area contributed by atoms with Crippen molar-refractivity contribution in [3.63, 3.8) is 0 Å². The first kappa shape index (κ1) is 19.5. The molecule has 0 fully saturated rings. The third-order valence-electron chi connectivity index (χ3n) is 4.46. The third kappa shape index (κ3) is 4.02. The zero-order valence-corrected chi connectivity index (χ0v) is 15.9. The molecule has 2 aromatic carbocycles. The number of aryl methyl sites for hydroxylation is 1. The Balaban J connectivity index is 2.29. The highest BCUT2D eigenvalue weighted by Gasteiger charge is 2.24. The van der Waals surface area contributed by atoms with Crippen molar-refractivity contribution in [2.24, 2.45) is 5.73 Å². The molecule has 28 heavy (non-hydrogen) atoms. The SMILES string of the molecule is CCn1nc(-c2ccccc2)c(-c2ccccc2)c(C(=O)NCCCN)c1=O. The van der Waals surface area contributed by atoms with Gasteiger partial charge in [0.15, 0.2) is 0 Å². The maximum atomic E-state index is 13.1. The molecule has 1 heterocycles. The molecule has 0 radical (unpaired) electrons. The summed E-state index contributed by atoms with van der Waals surface area (Å²) >= 11 is 0. The maximum absolute atomic E-state index is 13.1. The largest absolute Gasteiger partial charge is 0.352 e. The summed E-state index contributed by atoms with van der Waals surface area (Å²) in [5.41, 5.74) is 8.02. The zero-order valence-electron chi connectivity index (χ0n) is 15.9. The van der Waals surface area contributed by atoms with E-state index in [1.165, 1.54) is 4.68 Å². The zero-order chi connectivity index (χ0) is 19.9. The molecule has 0 aliphatic heterocycles. The van der Waals surface area contributed by atoms with Crippen LogP contribution in [-0.4, -0.2) is 28.8 Å². The van der Waals surface area contributed by atoms with E-state index >= 15 is 0 Å². The average Bonchev–Trinajstić information content (AvgIpc) is 2.74. The number of hydrogen-bond donors (Lipinski definition) is 2. The van der Waals surface area contributed by atoms with Crippen LogP contribution in [0, 0.1) is 0 Å². The normalized spacial score (nSPS) is 10.6. The number of nitrogens with one attached hydrogen (secondary N) is 1. The van der Waals surface area contributed by atoms with Crippen LogP contribution in [0.15, 0.2) is 65.5 Å². The number of carbonyl (C=O) groups excluding carboxylic acids is 1. The molecular weight excluding hydrogens is 352 g/mol. The minimum Gasteiger partial charge on any atom is -0.352 e. The number of benzene rings is 2. The Bertz CT molecular complexity index is 998. The summed E-state index contributed by atoms with van der Waals surface area (Å²) in [7, 11) is 0. The first-order chi connectivity index (χ1) is 13.7. The molecule has 3 rings (SSSR count). The van der Waals surface area contributed by atoms with Gasteiger partial charge in [0.05, 0.1) is 5.69 Å². The van der Waals surface area contributed by atoms with Crippen LogP contribution in [-0.2, 0) is 6.54 Å². The Morgan fingerprint density at radius 3 is 2.21 bits per heavy atom. The smallest absolute Gasteiger partial charge is 0.280 e. The molecule has 6 heteroatoms. The van der Waals surface area contributed by atoms with Crippen molar-refractivity contribution in [1.82, 2.24) is 15.1 Å². The summed E-state index contributed by atoms with van der Waals surface area (Å²) in [6.07, 6.45) is 0.644. The Kier molecular flexibility index (Phi) is 6.34. The van der Waals surface area contributed by atoms with Gasteiger partial charge in [0.25, 0.3) is 11.5 Å². The van der Waals surface area contributed by atoms with Crippen LogP contribution in [0.25, 0.3) is 22.4 Å². The Morgan fingerprint density at radius 1 is 1.04 bits per heavy atom. The van der Waals surface area contributed by atoms with Gasteiger partial charge in [0, 0.05) is 24.2 Å². The van der Waals surface area contributed by atoms with Crippen LogP contribution >= 0.6 is 0 Å². The van der Waals surface area contributed by atoms with Crippen molar-refractivity contribution >= 4 is 5.91 Å². The number of carbonyl (C=O) groups is 1. The van der Waals surface area contributed by atoms with Gasteiger partial charge in [0.2, 0.25) is 0 Å². The summed E-state index contributed by atoms with van der Waals surface area (Å²) in [6, 6.07) is 19.0. The first-order valence-corrected chi connectivity index (χ1v) is 9.41. The fourth-order valence-corrected chi connectivity index (χ4v) is 3.07. The fraction of sp³-hybridized carbons (Fsp3) is 0.227. The van der Waals surface area contributed by atoms with E-state index in [0.29, 0.717) is 37.3 Å². The minimum absolute atomic E-state index is 0.110. The molecule has 3 N–H and O–H groups in total. The van der Waals surface area contributed by atoms with Gasteiger partial charge in [-0.1, -0.05) is 60.7 Å². The van der Waals surface area contributed by atoms with Gasteiger partial charge in [-0.3, -0.25) is 9.59 Å². The van der Waals surface area contributed by atoms with Crippen LogP contribution in [0.3, 0.4) is 0 Å². The van der Waals surface area contributed by atoms with Crippen LogP contribution in [0.4, 0.5) is 0 Å². The molecule has 1 aromatic heterocycles. The van der Waals surface area contributed by atoms with E-state index in [1.54, 1.807) is 0 Å². The Morgan fingerprint density at radius 2 is 1.64 bits per heavy atom. The number of rotatable bonds is 7. The lowest BCUT2D eigenvalue weighted by molar-refractivity contribution is 0.0951. The van der Waals surface area contributed by atoms with Gasteiger partial charge in [-0.25, -0.2) is 4.68 Å². The molecule has 6 nitrogen and oxygen atoms in total. The first-order valence-electron chi connectivity index (χ1n) is 9.41. The molecule has 0 aliphatic rings. The summed E-state index contributed by atoms with van der Waals surface area (Å²) in [6.45, 7) is 3.09. The lowest BCUT2D eigenvalue weighted by Gasteiger charge is -2.16. The Labute approximate surface area is 164 Å². The van der Waals surface area contributed by atoms with E-state index in [0.717, 1.165) is 11.1 Å². The second kappa shape index (κ2) is 9.10. The number of amides is 1. The summed E-state index contributed by atoms with van der Waals surface area (Å²) in [4.78, 5) is 26.1. The van der Waals surface area contributed by atoms with Crippen LogP contribution in [0.5, 0.6) is 0 Å². The monoisotopic (exact) mass is 376 g/mol. The highest BCUT2D eigenvalue weighted by molar-refractivity contribution is 6.03. The van der Waals surface area contributed by atoms with Crippen LogP contribution in [0.1, 0.15) is 23.7 Å². The second-order valence-electron chi connectivity index (χ2n) is 6.35. The number of nitrogens with zero attached hydrogens (tertiary/aromatic N) is 2. The quantitative estimate of drug-likeness (QED) is 0.621. The molecule has 0 unspecified atom stereocenters. The standard InChI is InChI=1S/C22H24N4O2/c1-2-26-22(28)19(21(27)24-15-9-14-23)18(16-10-5-3-6-11-16)20(25-26)17-12-7-4-8-13-17/h3-8,10-13H,2,9,14-15,23H2,1H3,(H,24,27). The van der Waals surface area contributed by atoms with Gasteiger partial charge in [0.1, 0.15) is 5.56 Å². The molecule has 144 valence electrons. The lowest BCUT2D eigenvalue weighted by atomic mass is 9.95. The van der Waals surface area contributed by atoms with Gasteiger partial charge in [-0.15, -0.1) is 0 Å². The van der Waals surface area contributed by atoms with Gasteiger partial charge in [-0.2, -0.15) is 5.10 Å². The van der Waals surface area contributed by atoms with Crippen molar-refractivity contribution in [3.8, 4) is 22.4 Å². The molecule has 0 atom stereocenters. The van der Waals surface area contributed by atoms with E-state index in [-0.39, 0.29) is 5.56 Å². The number of hydrogen-bond acceptors (Lipinski definition) is 4. The molecule has 0 saturated heterocycles. The van der Waals surface area contributed by atoms with Crippen LogP contribution < -0.4 is 16.6 Å². The van der Waals surface area contributed by atoms with Crippen molar-refractivity contribution in [2.45, 2.75) is 19.9 Å². The molecule has 0 saturated carbocycles. The van der Waals surface area contributed by atoms with Gasteiger partial charge < -0.3 is 11.1 Å². The number of aromatic nitrogens is 2. The van der Waals surface area contributed by atoms with Gasteiger partial charge in [-0.05, 0) is 25.5 Å². The minimum atomic E-state index is -0.404. The molecular formula is C22H24N4O2. The fourth-order valence-electron chi connectivity index (χ4n) is 3.07. The molecule has 1 amide bonds. The maximum Gasteiger partial charge on any atom is 0.280 e. The predicted octanol–water partition coefficient (Wildman–Crippen LogP) is 2.68. The predicted molar refractivity (Wildman–Crippen MR) is 111 cm³/mol. The molecule has 3 aromatic rings. The van der Waals surface area contributed by atoms with Crippen molar-refractivity contribution in [2.75, 3.05) is 13.1 Å². The summed E-state index contributed by atoms with van der Waals surface area (Å²) < 4.78 is 1.34. The van der Waals surface area contributed by atoms with E-state index in [4.69, 9.17) is 5.73 Å².